The van der Waals surface area contributed by atoms with E-state index in [4.69, 9.17) is 0 Å². The van der Waals surface area contributed by atoms with E-state index >= 15 is 0 Å². The molecule has 4 aliphatic carbocycles. The van der Waals surface area contributed by atoms with E-state index in [1.165, 1.54) is 122 Å². The van der Waals surface area contributed by atoms with Gasteiger partial charge in [0.1, 0.15) is 0 Å². The maximum atomic E-state index is 2.53. The van der Waals surface area contributed by atoms with Gasteiger partial charge in [-0.15, -0.1) is 0 Å². The molecule has 1 nitrogen and oxygen atoms in total. The standard InChI is InChI=1S/C70H47N/c1-44-38-45(2)40-49(39-44)47-32-30-46(31-33-47)48-16-15-17-50(41-48)71(51-34-36-59-57-22-7-13-28-65(57)69(67(59)42-51)61-24-9-3-18-53(61)54-19-4-10-25-62(54)69)52-35-37-60-58-23-8-14-29-66(58)70(68(60)43-52)63-26-11-5-20-55(63)56-21-6-12-27-64(56)70/h3-43H,1-2H3. The lowest BCUT2D eigenvalue weighted by molar-refractivity contribution is 0.792. The van der Waals surface area contributed by atoms with Gasteiger partial charge in [0, 0.05) is 17.1 Å². The van der Waals surface area contributed by atoms with E-state index in [1.807, 2.05) is 0 Å². The number of hydrogen-bond acceptors (Lipinski definition) is 1. The summed E-state index contributed by atoms with van der Waals surface area (Å²) in [5.41, 5.74) is 30.9. The molecule has 0 aliphatic heterocycles. The van der Waals surface area contributed by atoms with Crippen LogP contribution in [0.3, 0.4) is 0 Å². The van der Waals surface area contributed by atoms with Crippen LogP contribution in [-0.4, -0.2) is 0 Å². The lowest BCUT2D eigenvalue weighted by Gasteiger charge is -2.33. The molecule has 0 bridgehead atoms. The third-order valence-electron chi connectivity index (χ3n) is 16.4. The van der Waals surface area contributed by atoms with Gasteiger partial charge in [0.25, 0.3) is 0 Å². The first-order chi connectivity index (χ1) is 35.0. The number of rotatable bonds is 5. The van der Waals surface area contributed by atoms with Crippen molar-refractivity contribution in [1.82, 2.24) is 0 Å². The highest BCUT2D eigenvalue weighted by Crippen LogP contribution is 2.65. The predicted molar refractivity (Wildman–Crippen MR) is 294 cm³/mol. The minimum atomic E-state index is -0.471. The van der Waals surface area contributed by atoms with Crippen molar-refractivity contribution < 1.29 is 0 Å². The average molecular weight is 902 g/mol. The summed E-state index contributed by atoms with van der Waals surface area (Å²) >= 11 is 0. The van der Waals surface area contributed by atoms with Crippen LogP contribution in [0, 0.1) is 13.8 Å². The molecule has 15 rings (SSSR count). The van der Waals surface area contributed by atoms with Crippen LogP contribution in [0.1, 0.15) is 55.6 Å². The van der Waals surface area contributed by atoms with Gasteiger partial charge in [0.05, 0.1) is 10.8 Å². The van der Waals surface area contributed by atoms with Crippen LogP contribution in [0.15, 0.2) is 249 Å². The van der Waals surface area contributed by atoms with Gasteiger partial charge in [-0.05, 0) is 162 Å². The molecule has 332 valence electrons. The second kappa shape index (κ2) is 14.9. The van der Waals surface area contributed by atoms with Crippen molar-refractivity contribution >= 4 is 17.1 Å². The van der Waals surface area contributed by atoms with E-state index < -0.39 is 10.8 Å². The third-order valence-corrected chi connectivity index (χ3v) is 16.4. The summed E-state index contributed by atoms with van der Waals surface area (Å²) in [6, 6.07) is 94.3. The van der Waals surface area contributed by atoms with E-state index in [-0.39, 0.29) is 0 Å². The number of benzene rings is 11. The molecule has 0 aromatic heterocycles. The van der Waals surface area contributed by atoms with Crippen molar-refractivity contribution in [3.8, 4) is 66.8 Å². The summed E-state index contributed by atoms with van der Waals surface area (Å²) < 4.78 is 0. The van der Waals surface area contributed by atoms with Crippen LogP contribution in [0.5, 0.6) is 0 Å². The Morgan fingerprint density at radius 1 is 0.225 bits per heavy atom. The van der Waals surface area contributed by atoms with Crippen LogP contribution in [-0.2, 0) is 10.8 Å². The zero-order valence-corrected chi connectivity index (χ0v) is 39.6. The fourth-order valence-corrected chi connectivity index (χ4v) is 13.7. The quantitative estimate of drug-likeness (QED) is 0.166. The predicted octanol–water partition coefficient (Wildman–Crippen LogP) is 17.8. The van der Waals surface area contributed by atoms with Crippen molar-refractivity contribution in [2.75, 3.05) is 4.90 Å². The molecule has 0 radical (unpaired) electrons. The molecular formula is C70H47N. The van der Waals surface area contributed by atoms with Gasteiger partial charge in [0.2, 0.25) is 0 Å². The highest BCUT2D eigenvalue weighted by Gasteiger charge is 2.53. The smallest absolute Gasteiger partial charge is 0.0726 e. The normalized spacial score (nSPS) is 14.0. The van der Waals surface area contributed by atoms with Gasteiger partial charge in [-0.1, -0.05) is 223 Å². The molecule has 4 aliphatic rings. The maximum absolute atomic E-state index is 2.53. The Morgan fingerprint density at radius 3 is 0.930 bits per heavy atom. The van der Waals surface area contributed by atoms with Crippen LogP contribution in [0.4, 0.5) is 17.1 Å². The average Bonchev–Trinajstić information content (AvgIpc) is 4.10. The maximum Gasteiger partial charge on any atom is 0.0726 e. The topological polar surface area (TPSA) is 3.24 Å². The molecule has 2 spiro atoms. The number of hydrogen-bond donors (Lipinski definition) is 0. The Hall–Kier alpha value is -8.78. The fraction of sp³-hybridized carbons (Fsp3) is 0.0571. The molecule has 0 fully saturated rings. The second-order valence-corrected chi connectivity index (χ2v) is 20.1. The second-order valence-electron chi connectivity index (χ2n) is 20.1. The molecular weight excluding hydrogens is 855 g/mol. The number of nitrogens with zero attached hydrogens (tertiary/aromatic N) is 1. The Labute approximate surface area is 415 Å². The van der Waals surface area contributed by atoms with Gasteiger partial charge in [-0.2, -0.15) is 0 Å². The summed E-state index contributed by atoms with van der Waals surface area (Å²) in [7, 11) is 0. The van der Waals surface area contributed by atoms with E-state index in [2.05, 4.69) is 267 Å². The SMILES string of the molecule is Cc1cc(C)cc(-c2ccc(-c3cccc(N(c4ccc5c(c4)C4(c6ccccc6-c6ccccc64)c4ccccc4-5)c4ccc5c(c4)C4(c6ccccc6-c6ccccc64)c4ccccc4-5)c3)cc2)c1. The first kappa shape index (κ1) is 40.1. The van der Waals surface area contributed by atoms with Gasteiger partial charge < -0.3 is 4.90 Å². The van der Waals surface area contributed by atoms with Crippen molar-refractivity contribution in [3.05, 3.63) is 304 Å². The number of anilines is 3. The lowest BCUT2D eigenvalue weighted by atomic mass is 9.70. The molecule has 11 aromatic carbocycles. The number of fused-ring (bicyclic) bond motifs is 20. The summed E-state index contributed by atoms with van der Waals surface area (Å²) in [5.74, 6) is 0. The molecule has 0 saturated carbocycles. The lowest BCUT2D eigenvalue weighted by Crippen LogP contribution is -2.26. The minimum Gasteiger partial charge on any atom is -0.310 e. The molecule has 0 amide bonds. The Kier molecular flexibility index (Phi) is 8.40. The molecule has 11 aromatic rings. The molecule has 0 N–H and O–H groups in total. The molecule has 0 heterocycles. The molecule has 71 heavy (non-hydrogen) atoms. The fourth-order valence-electron chi connectivity index (χ4n) is 13.7. The van der Waals surface area contributed by atoms with Crippen LogP contribution >= 0.6 is 0 Å². The highest BCUT2D eigenvalue weighted by atomic mass is 15.1. The Bertz CT molecular complexity index is 3700. The van der Waals surface area contributed by atoms with Crippen LogP contribution < -0.4 is 4.90 Å². The van der Waals surface area contributed by atoms with E-state index in [1.54, 1.807) is 0 Å². The van der Waals surface area contributed by atoms with Crippen LogP contribution in [0.2, 0.25) is 0 Å². The van der Waals surface area contributed by atoms with E-state index in [9.17, 15) is 0 Å². The molecule has 0 atom stereocenters. The van der Waals surface area contributed by atoms with Crippen molar-refractivity contribution in [2.45, 2.75) is 24.7 Å². The molecule has 0 unspecified atom stereocenters. The van der Waals surface area contributed by atoms with Gasteiger partial charge in [-0.3, -0.25) is 0 Å². The van der Waals surface area contributed by atoms with E-state index in [0.717, 1.165) is 17.1 Å². The van der Waals surface area contributed by atoms with Crippen molar-refractivity contribution in [2.24, 2.45) is 0 Å². The largest absolute Gasteiger partial charge is 0.310 e. The zero-order chi connectivity index (χ0) is 47.0. The monoisotopic (exact) mass is 901 g/mol. The Balaban J connectivity index is 0.970. The molecule has 1 heteroatoms. The van der Waals surface area contributed by atoms with Crippen molar-refractivity contribution in [1.29, 1.82) is 0 Å². The minimum absolute atomic E-state index is 0.471. The van der Waals surface area contributed by atoms with Gasteiger partial charge in [-0.25, -0.2) is 0 Å². The zero-order valence-electron chi connectivity index (χ0n) is 39.6. The van der Waals surface area contributed by atoms with E-state index in [0.29, 0.717) is 0 Å². The summed E-state index contributed by atoms with van der Waals surface area (Å²) in [5, 5.41) is 0. The summed E-state index contributed by atoms with van der Waals surface area (Å²) in [4.78, 5) is 2.53. The highest BCUT2D eigenvalue weighted by molar-refractivity contribution is 5.99. The summed E-state index contributed by atoms with van der Waals surface area (Å²) in [6.07, 6.45) is 0. The number of aryl methyl sites for hydroxylation is 2. The van der Waals surface area contributed by atoms with Gasteiger partial charge in [0.15, 0.2) is 0 Å². The van der Waals surface area contributed by atoms with Crippen molar-refractivity contribution in [3.63, 3.8) is 0 Å². The van der Waals surface area contributed by atoms with Crippen LogP contribution in [0.25, 0.3) is 66.8 Å². The summed E-state index contributed by atoms with van der Waals surface area (Å²) in [6.45, 7) is 4.36. The first-order valence-electron chi connectivity index (χ1n) is 25.0. The van der Waals surface area contributed by atoms with Gasteiger partial charge >= 0.3 is 0 Å². The third kappa shape index (κ3) is 5.41. The Morgan fingerprint density at radius 2 is 0.549 bits per heavy atom. The first-order valence-corrected chi connectivity index (χ1v) is 25.0. The molecule has 0 saturated heterocycles.